The number of aliphatic hydroxyl groups is 1. The highest BCUT2D eigenvalue weighted by molar-refractivity contribution is 6.36. The van der Waals surface area contributed by atoms with E-state index >= 15 is 0 Å². The summed E-state index contributed by atoms with van der Waals surface area (Å²) >= 11 is 11.4. The van der Waals surface area contributed by atoms with Gasteiger partial charge in [0.2, 0.25) is 0 Å². The second kappa shape index (κ2) is 4.09. The van der Waals surface area contributed by atoms with Crippen molar-refractivity contribution >= 4 is 29.0 Å². The Morgan fingerprint density at radius 1 is 1.46 bits per heavy atom. The van der Waals surface area contributed by atoms with Crippen LogP contribution in [0, 0.1) is 0 Å². The molecule has 1 rings (SSSR count). The molecule has 1 N–H and O–H groups in total. The molecule has 0 amide bonds. The molecule has 1 atom stereocenters. The molecule has 13 heavy (non-hydrogen) atoms. The molecular weight excluding hydrogens is 211 g/mol. The highest BCUT2D eigenvalue weighted by Crippen LogP contribution is 2.21. The van der Waals surface area contributed by atoms with Crippen LogP contribution >= 0.6 is 23.2 Å². The molecule has 0 heterocycles. The Bertz CT molecular complexity index is 334. The van der Waals surface area contributed by atoms with Crippen LogP contribution in [0.4, 0.5) is 0 Å². The van der Waals surface area contributed by atoms with Crippen LogP contribution in [0.15, 0.2) is 18.2 Å². The van der Waals surface area contributed by atoms with Crippen molar-refractivity contribution in [2.75, 3.05) is 0 Å². The van der Waals surface area contributed by atoms with Gasteiger partial charge in [-0.3, -0.25) is 4.79 Å². The monoisotopic (exact) mass is 218 g/mol. The second-order valence-electron chi connectivity index (χ2n) is 2.66. The van der Waals surface area contributed by atoms with Crippen molar-refractivity contribution in [3.63, 3.8) is 0 Å². The van der Waals surface area contributed by atoms with E-state index in [1.165, 1.54) is 19.1 Å². The Hall–Kier alpha value is -0.570. The molecule has 0 aliphatic carbocycles. The maximum atomic E-state index is 11.3. The smallest absolute Gasteiger partial charge is 0.192 e. The largest absolute Gasteiger partial charge is 0.385 e. The van der Waals surface area contributed by atoms with Gasteiger partial charge in [0.25, 0.3) is 0 Å². The number of benzene rings is 1. The number of hydrogen-bond donors (Lipinski definition) is 1. The second-order valence-corrected chi connectivity index (χ2v) is 3.51. The Balaban J connectivity index is 3.09. The number of hydrogen-bond acceptors (Lipinski definition) is 2. The number of ketones is 1. The first-order chi connectivity index (χ1) is 6.02. The van der Waals surface area contributed by atoms with E-state index in [4.69, 9.17) is 28.3 Å². The lowest BCUT2D eigenvalue weighted by Gasteiger charge is -2.05. The average Bonchev–Trinajstić information content (AvgIpc) is 2.03. The quantitative estimate of drug-likeness (QED) is 0.776. The minimum Gasteiger partial charge on any atom is -0.385 e. The normalized spacial score (nSPS) is 12.6. The predicted molar refractivity (Wildman–Crippen MR) is 52.5 cm³/mol. The molecule has 0 spiro atoms. The summed E-state index contributed by atoms with van der Waals surface area (Å²) in [6, 6.07) is 4.53. The summed E-state index contributed by atoms with van der Waals surface area (Å²) in [6.45, 7) is 1.40. The molecule has 2 nitrogen and oxygen atoms in total. The Kier molecular flexibility index (Phi) is 3.31. The topological polar surface area (TPSA) is 37.3 Å². The Labute approximate surface area is 86.1 Å². The zero-order valence-electron chi connectivity index (χ0n) is 6.92. The molecule has 0 saturated carbocycles. The van der Waals surface area contributed by atoms with Crippen LogP contribution in [0.1, 0.15) is 17.3 Å². The van der Waals surface area contributed by atoms with Gasteiger partial charge in [0, 0.05) is 10.6 Å². The molecule has 4 heteroatoms. The van der Waals surface area contributed by atoms with Gasteiger partial charge >= 0.3 is 0 Å². The maximum absolute atomic E-state index is 11.3. The van der Waals surface area contributed by atoms with Gasteiger partial charge in [-0.15, -0.1) is 0 Å². The fourth-order valence-corrected chi connectivity index (χ4v) is 1.42. The van der Waals surface area contributed by atoms with Crippen molar-refractivity contribution < 1.29 is 9.90 Å². The van der Waals surface area contributed by atoms with Gasteiger partial charge in [-0.25, -0.2) is 0 Å². The van der Waals surface area contributed by atoms with E-state index in [2.05, 4.69) is 0 Å². The number of carbonyl (C=O) groups excluding carboxylic acids is 1. The van der Waals surface area contributed by atoms with Crippen molar-refractivity contribution in [3.8, 4) is 0 Å². The number of halogens is 2. The highest BCUT2D eigenvalue weighted by atomic mass is 35.5. The molecule has 0 saturated heterocycles. The van der Waals surface area contributed by atoms with Crippen molar-refractivity contribution in [2.45, 2.75) is 13.0 Å². The van der Waals surface area contributed by atoms with Crippen LogP contribution in [-0.4, -0.2) is 17.0 Å². The van der Waals surface area contributed by atoms with E-state index in [0.29, 0.717) is 10.6 Å². The van der Waals surface area contributed by atoms with Crippen LogP contribution in [0.2, 0.25) is 10.0 Å². The predicted octanol–water partition coefficient (Wildman–Crippen LogP) is 2.56. The van der Waals surface area contributed by atoms with E-state index < -0.39 is 11.9 Å². The van der Waals surface area contributed by atoms with E-state index in [1.54, 1.807) is 6.07 Å². The lowest BCUT2D eigenvalue weighted by Crippen LogP contribution is -2.16. The lowest BCUT2D eigenvalue weighted by atomic mass is 10.1. The first kappa shape index (κ1) is 10.5. The fraction of sp³-hybridized carbons (Fsp3) is 0.222. The molecule has 0 bridgehead atoms. The molecule has 1 aromatic rings. The van der Waals surface area contributed by atoms with E-state index in [1.807, 2.05) is 0 Å². The first-order valence-corrected chi connectivity index (χ1v) is 4.45. The van der Waals surface area contributed by atoms with E-state index in [9.17, 15) is 4.79 Å². The number of aliphatic hydroxyl groups excluding tert-OH is 1. The summed E-state index contributed by atoms with van der Waals surface area (Å²) < 4.78 is 0. The lowest BCUT2D eigenvalue weighted by molar-refractivity contribution is 0.0779. The maximum Gasteiger partial charge on any atom is 0.192 e. The fourth-order valence-electron chi connectivity index (χ4n) is 0.914. The summed E-state index contributed by atoms with van der Waals surface area (Å²) in [5.74, 6) is -0.401. The van der Waals surface area contributed by atoms with Gasteiger partial charge in [-0.05, 0) is 25.1 Å². The molecule has 0 aliphatic heterocycles. The third-order valence-corrected chi connectivity index (χ3v) is 2.12. The summed E-state index contributed by atoms with van der Waals surface area (Å²) in [5, 5.41) is 9.75. The number of carbonyl (C=O) groups is 1. The summed E-state index contributed by atoms with van der Waals surface area (Å²) in [6.07, 6.45) is -1.04. The van der Waals surface area contributed by atoms with Gasteiger partial charge in [0.15, 0.2) is 5.78 Å². The standard InChI is InChI=1S/C9H8Cl2O2/c1-5(12)9(13)7-3-2-6(10)4-8(7)11/h2-5,12H,1H3. The van der Waals surface area contributed by atoms with Crippen LogP contribution in [0.25, 0.3) is 0 Å². The van der Waals surface area contributed by atoms with Crippen LogP contribution in [0.5, 0.6) is 0 Å². The molecule has 1 aromatic carbocycles. The number of rotatable bonds is 2. The van der Waals surface area contributed by atoms with Gasteiger partial charge in [-0.1, -0.05) is 23.2 Å². The van der Waals surface area contributed by atoms with Crippen molar-refractivity contribution in [2.24, 2.45) is 0 Å². The van der Waals surface area contributed by atoms with Crippen molar-refractivity contribution in [3.05, 3.63) is 33.8 Å². The third kappa shape index (κ3) is 2.44. The minimum atomic E-state index is -1.04. The molecular formula is C9H8Cl2O2. The summed E-state index contributed by atoms with van der Waals surface area (Å²) in [7, 11) is 0. The van der Waals surface area contributed by atoms with E-state index in [0.717, 1.165) is 0 Å². The first-order valence-electron chi connectivity index (χ1n) is 3.69. The molecule has 1 unspecified atom stereocenters. The van der Waals surface area contributed by atoms with Gasteiger partial charge < -0.3 is 5.11 Å². The van der Waals surface area contributed by atoms with Crippen LogP contribution in [0.3, 0.4) is 0 Å². The molecule has 70 valence electrons. The highest BCUT2D eigenvalue weighted by Gasteiger charge is 2.15. The zero-order chi connectivity index (χ0) is 10.0. The molecule has 0 fully saturated rings. The molecule has 0 aliphatic rings. The Morgan fingerprint density at radius 3 is 2.54 bits per heavy atom. The minimum absolute atomic E-state index is 0.262. The van der Waals surface area contributed by atoms with Crippen LogP contribution in [-0.2, 0) is 0 Å². The Morgan fingerprint density at radius 2 is 2.08 bits per heavy atom. The third-order valence-electron chi connectivity index (χ3n) is 1.58. The average molecular weight is 219 g/mol. The van der Waals surface area contributed by atoms with Gasteiger partial charge in [0.1, 0.15) is 6.10 Å². The summed E-state index contributed by atoms with van der Waals surface area (Å²) in [5.41, 5.74) is 0.293. The molecule has 0 radical (unpaired) electrons. The van der Waals surface area contributed by atoms with Gasteiger partial charge in [-0.2, -0.15) is 0 Å². The SMILES string of the molecule is CC(O)C(=O)c1ccc(Cl)cc1Cl. The van der Waals surface area contributed by atoms with Gasteiger partial charge in [0.05, 0.1) is 5.02 Å². The zero-order valence-corrected chi connectivity index (χ0v) is 8.43. The molecule has 0 aromatic heterocycles. The van der Waals surface area contributed by atoms with Crippen molar-refractivity contribution in [1.82, 2.24) is 0 Å². The van der Waals surface area contributed by atoms with E-state index in [-0.39, 0.29) is 5.02 Å². The summed E-state index contributed by atoms with van der Waals surface area (Å²) in [4.78, 5) is 11.3. The number of Topliss-reactive ketones (excluding diaryl/α,β-unsaturated/α-hetero) is 1. The van der Waals surface area contributed by atoms with Crippen LogP contribution < -0.4 is 0 Å². The van der Waals surface area contributed by atoms with Crippen molar-refractivity contribution in [1.29, 1.82) is 0 Å².